The normalized spacial score (nSPS) is 14.6. The quantitative estimate of drug-likeness (QED) is 0.600. The van der Waals surface area contributed by atoms with Gasteiger partial charge in [0.05, 0.1) is 5.56 Å². The van der Waals surface area contributed by atoms with Gasteiger partial charge in [-0.2, -0.15) is 0 Å². The Labute approximate surface area is 188 Å². The van der Waals surface area contributed by atoms with Gasteiger partial charge < -0.3 is 20.5 Å². The number of allylic oxidation sites excluding steroid dienone is 6. The molecule has 7 heteroatoms. The van der Waals surface area contributed by atoms with Gasteiger partial charge in [-0.1, -0.05) is 43.4 Å². The number of carboxylic acids is 1. The fourth-order valence-corrected chi connectivity index (χ4v) is 3.83. The first-order chi connectivity index (χ1) is 15.4. The summed E-state index contributed by atoms with van der Waals surface area (Å²) in [7, 11) is 0. The molecule has 1 aromatic carbocycles. The summed E-state index contributed by atoms with van der Waals surface area (Å²) in [6.07, 6.45) is 13.5. The number of hydrogen-bond acceptors (Lipinski definition) is 5. The number of carboxylic acid groups (broad SMARTS) is 1. The molecule has 7 nitrogen and oxygen atoms in total. The summed E-state index contributed by atoms with van der Waals surface area (Å²) < 4.78 is 5.55. The van der Waals surface area contributed by atoms with Crippen LogP contribution in [-0.4, -0.2) is 43.0 Å². The van der Waals surface area contributed by atoms with E-state index in [0.29, 0.717) is 17.9 Å². The summed E-state index contributed by atoms with van der Waals surface area (Å²) in [5.74, 6) is -0.615. The van der Waals surface area contributed by atoms with Crippen LogP contribution in [-0.2, 0) is 14.4 Å². The topological polar surface area (TPSA) is 110 Å². The number of anilines is 1. The molecule has 1 aromatic rings. The van der Waals surface area contributed by atoms with Crippen LogP contribution in [0.4, 0.5) is 5.69 Å². The van der Waals surface area contributed by atoms with Crippen molar-refractivity contribution in [2.24, 2.45) is 5.73 Å². The lowest BCUT2D eigenvalue weighted by Gasteiger charge is -2.35. The van der Waals surface area contributed by atoms with Crippen LogP contribution in [0, 0.1) is 0 Å². The Hall–Kier alpha value is -3.61. The number of amides is 1. The lowest BCUT2D eigenvalue weighted by molar-refractivity contribution is -0.139. The molecular formula is C25H30N2O5. The van der Waals surface area contributed by atoms with Crippen LogP contribution in [0.25, 0.3) is 5.57 Å². The maximum atomic E-state index is 12.5. The lowest BCUT2D eigenvalue weighted by Crippen LogP contribution is -2.32. The van der Waals surface area contributed by atoms with Gasteiger partial charge in [0, 0.05) is 24.4 Å². The molecule has 170 valence electrons. The summed E-state index contributed by atoms with van der Waals surface area (Å²) in [4.78, 5) is 34.4. The number of benzene rings is 1. The summed E-state index contributed by atoms with van der Waals surface area (Å²) in [6.45, 7) is 4.66. The zero-order valence-electron chi connectivity index (χ0n) is 18.5. The van der Waals surface area contributed by atoms with Crippen LogP contribution in [0.3, 0.4) is 0 Å². The Balaban J connectivity index is 0.00000114. The highest BCUT2D eigenvalue weighted by atomic mass is 16.5. The predicted molar refractivity (Wildman–Crippen MR) is 126 cm³/mol. The largest absolute Gasteiger partial charge is 0.481 e. The van der Waals surface area contributed by atoms with E-state index in [1.807, 2.05) is 19.1 Å². The highest BCUT2D eigenvalue weighted by Gasteiger charge is 2.29. The highest BCUT2D eigenvalue weighted by Crippen LogP contribution is 2.42. The molecule has 32 heavy (non-hydrogen) atoms. The molecule has 1 heterocycles. The van der Waals surface area contributed by atoms with Crippen LogP contribution < -0.4 is 15.4 Å². The lowest BCUT2D eigenvalue weighted by atomic mass is 9.88. The third-order valence-electron chi connectivity index (χ3n) is 5.18. The number of nitrogens with zero attached hydrogens (tertiary/aromatic N) is 1. The monoisotopic (exact) mass is 438 g/mol. The third kappa shape index (κ3) is 6.44. The Morgan fingerprint density at radius 1 is 1.28 bits per heavy atom. The molecule has 0 saturated heterocycles. The van der Waals surface area contributed by atoms with Crippen molar-refractivity contribution in [2.45, 2.75) is 33.1 Å². The minimum Gasteiger partial charge on any atom is -0.481 e. The molecule has 0 saturated carbocycles. The second-order valence-corrected chi connectivity index (χ2v) is 7.34. The van der Waals surface area contributed by atoms with Crippen molar-refractivity contribution in [1.29, 1.82) is 0 Å². The van der Waals surface area contributed by atoms with E-state index in [1.54, 1.807) is 13.0 Å². The number of primary amides is 1. The molecular weight excluding hydrogens is 408 g/mol. The zero-order chi connectivity index (χ0) is 23.5. The number of nitrogens with two attached hydrogens (primary N) is 1. The minimum atomic E-state index is -1.04. The van der Waals surface area contributed by atoms with E-state index >= 15 is 0 Å². The second kappa shape index (κ2) is 12.3. The van der Waals surface area contributed by atoms with E-state index in [9.17, 15) is 9.59 Å². The molecule has 0 spiro atoms. The predicted octanol–water partition coefficient (Wildman–Crippen LogP) is 3.66. The van der Waals surface area contributed by atoms with Gasteiger partial charge in [-0.05, 0) is 49.5 Å². The summed E-state index contributed by atoms with van der Waals surface area (Å²) in [5.41, 5.74) is 8.79. The van der Waals surface area contributed by atoms with E-state index < -0.39 is 12.6 Å². The SMILES string of the molecule is CCC1=C(C(C)=O)c2c(OCC(=O)O)cccc2N(CCC2=CC=CCC=C2)C1.NC=O. The zero-order valence-corrected chi connectivity index (χ0v) is 18.5. The Morgan fingerprint density at radius 3 is 2.69 bits per heavy atom. The van der Waals surface area contributed by atoms with E-state index in [0.717, 1.165) is 42.6 Å². The first-order valence-corrected chi connectivity index (χ1v) is 10.6. The molecule has 0 radical (unpaired) electrons. The van der Waals surface area contributed by atoms with E-state index in [2.05, 4.69) is 41.0 Å². The fourth-order valence-electron chi connectivity index (χ4n) is 3.83. The van der Waals surface area contributed by atoms with Crippen molar-refractivity contribution in [1.82, 2.24) is 0 Å². The number of Topliss-reactive ketones (excluding diaryl/α,β-unsaturated/α-hetero) is 1. The highest BCUT2D eigenvalue weighted by molar-refractivity contribution is 6.23. The second-order valence-electron chi connectivity index (χ2n) is 7.34. The average Bonchev–Trinajstić information content (AvgIpc) is 3.04. The number of aliphatic carboxylic acids is 1. The molecule has 1 amide bonds. The number of rotatable bonds is 8. The van der Waals surface area contributed by atoms with Crippen LogP contribution in [0.15, 0.2) is 59.7 Å². The van der Waals surface area contributed by atoms with Gasteiger partial charge in [0.25, 0.3) is 0 Å². The van der Waals surface area contributed by atoms with Crippen molar-refractivity contribution in [3.63, 3.8) is 0 Å². The fraction of sp³-hybridized carbons (Fsp3) is 0.320. The summed E-state index contributed by atoms with van der Waals surface area (Å²) in [6, 6.07) is 5.57. The molecule has 0 fully saturated rings. The van der Waals surface area contributed by atoms with Gasteiger partial charge in [-0.15, -0.1) is 0 Å². The molecule has 0 atom stereocenters. The molecule has 1 aliphatic carbocycles. The molecule has 0 bridgehead atoms. The van der Waals surface area contributed by atoms with Gasteiger partial charge in [-0.3, -0.25) is 9.59 Å². The number of carbonyl (C=O) groups is 3. The number of fused-ring (bicyclic) bond motifs is 1. The number of ketones is 1. The van der Waals surface area contributed by atoms with E-state index in [-0.39, 0.29) is 12.2 Å². The van der Waals surface area contributed by atoms with E-state index in [4.69, 9.17) is 14.6 Å². The maximum Gasteiger partial charge on any atom is 0.341 e. The van der Waals surface area contributed by atoms with Crippen molar-refractivity contribution in [3.05, 3.63) is 65.3 Å². The molecule has 1 aliphatic heterocycles. The standard InChI is InChI=1S/C24H27NO4.CH3NO/c1-3-19-15-25(14-13-18-9-6-4-5-7-10-18)20-11-8-12-21(29-16-22(27)28)24(20)23(19)17(2)26;2-1-3/h4,6-12H,3,5,13-16H2,1-2H3,(H,27,28);1H,(H2,2,3). The van der Waals surface area contributed by atoms with Crippen LogP contribution in [0.5, 0.6) is 5.75 Å². The average molecular weight is 439 g/mol. The van der Waals surface area contributed by atoms with Gasteiger partial charge in [0.1, 0.15) is 5.75 Å². The van der Waals surface area contributed by atoms with Crippen LogP contribution in [0.2, 0.25) is 0 Å². The maximum absolute atomic E-state index is 12.5. The Morgan fingerprint density at radius 2 is 2.03 bits per heavy atom. The van der Waals surface area contributed by atoms with Crippen molar-refractivity contribution < 1.29 is 24.2 Å². The minimum absolute atomic E-state index is 0.0197. The van der Waals surface area contributed by atoms with Gasteiger partial charge in [-0.25, -0.2) is 4.79 Å². The number of hydrogen-bond donors (Lipinski definition) is 2. The molecule has 0 unspecified atom stereocenters. The summed E-state index contributed by atoms with van der Waals surface area (Å²) >= 11 is 0. The first-order valence-electron chi connectivity index (χ1n) is 10.6. The van der Waals surface area contributed by atoms with Crippen LogP contribution >= 0.6 is 0 Å². The first kappa shape index (κ1) is 24.7. The summed E-state index contributed by atoms with van der Waals surface area (Å²) in [5, 5.41) is 9.02. The smallest absolute Gasteiger partial charge is 0.341 e. The van der Waals surface area contributed by atoms with Gasteiger partial charge in [0.2, 0.25) is 6.41 Å². The van der Waals surface area contributed by atoms with Gasteiger partial charge >= 0.3 is 5.97 Å². The Bertz CT molecular complexity index is 973. The molecule has 2 aliphatic rings. The van der Waals surface area contributed by atoms with Crippen molar-refractivity contribution in [2.75, 3.05) is 24.6 Å². The van der Waals surface area contributed by atoms with Crippen LogP contribution in [0.1, 0.15) is 38.7 Å². The Kier molecular flexibility index (Phi) is 9.47. The number of carbonyl (C=O) groups excluding carboxylic acids is 2. The molecule has 0 aromatic heterocycles. The van der Waals surface area contributed by atoms with Crippen molar-refractivity contribution >= 4 is 29.4 Å². The number of ether oxygens (including phenoxy) is 1. The molecule has 3 N–H and O–H groups in total. The van der Waals surface area contributed by atoms with Gasteiger partial charge in [0.15, 0.2) is 12.4 Å². The van der Waals surface area contributed by atoms with E-state index in [1.165, 1.54) is 5.57 Å². The molecule has 3 rings (SSSR count). The van der Waals surface area contributed by atoms with Crippen molar-refractivity contribution in [3.8, 4) is 5.75 Å². The third-order valence-corrected chi connectivity index (χ3v) is 5.18.